The number of methoxy groups -OCH3 is 1. The monoisotopic (exact) mass is 330 g/mol. The molecule has 1 aliphatic rings. The van der Waals surface area contributed by atoms with E-state index in [1.807, 2.05) is 23.6 Å². The lowest BCUT2D eigenvalue weighted by atomic mass is 10.0. The van der Waals surface area contributed by atoms with Crippen LogP contribution < -0.4 is 4.74 Å². The standard InChI is InChI=1S/C18H18O4S/c1-3-13-6-7-15(20-2)14(11-13)17(19)22-18(8-9-21-12-18)16-5-4-10-23-16/h3-7,10-11H,1,8-9,12H2,2H3. The Labute approximate surface area is 139 Å². The average molecular weight is 330 g/mol. The molecular formula is C18H18O4S. The molecule has 0 spiro atoms. The molecule has 1 aromatic carbocycles. The smallest absolute Gasteiger partial charge is 0.342 e. The molecule has 0 saturated carbocycles. The molecule has 0 N–H and O–H groups in total. The summed E-state index contributed by atoms with van der Waals surface area (Å²) in [6, 6.07) is 9.25. The van der Waals surface area contributed by atoms with E-state index in [2.05, 4.69) is 6.58 Å². The third-order valence-electron chi connectivity index (χ3n) is 3.92. The number of thiophene rings is 1. The number of hydrogen-bond donors (Lipinski definition) is 0. The summed E-state index contributed by atoms with van der Waals surface area (Å²) in [6.07, 6.45) is 2.34. The minimum atomic E-state index is -0.708. The Kier molecular flexibility index (Phi) is 4.50. The van der Waals surface area contributed by atoms with Crippen molar-refractivity contribution in [2.24, 2.45) is 0 Å². The van der Waals surface area contributed by atoms with Crippen molar-refractivity contribution in [3.63, 3.8) is 0 Å². The number of hydrogen-bond acceptors (Lipinski definition) is 5. The SMILES string of the molecule is C=Cc1ccc(OC)c(C(=O)OC2(c3cccs3)CCOC2)c1. The summed E-state index contributed by atoms with van der Waals surface area (Å²) in [5.74, 6) is 0.0743. The van der Waals surface area contributed by atoms with E-state index in [1.165, 1.54) is 7.11 Å². The first-order valence-corrected chi connectivity index (χ1v) is 8.22. The van der Waals surface area contributed by atoms with E-state index >= 15 is 0 Å². The number of benzene rings is 1. The van der Waals surface area contributed by atoms with Crippen molar-refractivity contribution in [3.8, 4) is 5.75 Å². The van der Waals surface area contributed by atoms with Crippen LogP contribution >= 0.6 is 11.3 Å². The zero-order chi connectivity index (χ0) is 16.3. The maximum atomic E-state index is 12.8. The van der Waals surface area contributed by atoms with Crippen LogP contribution in [-0.2, 0) is 15.1 Å². The Balaban J connectivity index is 1.93. The van der Waals surface area contributed by atoms with Crippen LogP contribution in [0.3, 0.4) is 0 Å². The first-order valence-electron chi connectivity index (χ1n) is 7.34. The zero-order valence-electron chi connectivity index (χ0n) is 12.9. The first kappa shape index (κ1) is 15.8. The summed E-state index contributed by atoms with van der Waals surface area (Å²) in [7, 11) is 1.54. The molecule has 1 aliphatic heterocycles. The molecule has 2 aromatic rings. The van der Waals surface area contributed by atoms with E-state index < -0.39 is 11.6 Å². The fraction of sp³-hybridized carbons (Fsp3) is 0.278. The third-order valence-corrected chi connectivity index (χ3v) is 4.98. The van der Waals surface area contributed by atoms with E-state index in [9.17, 15) is 4.79 Å². The van der Waals surface area contributed by atoms with Crippen LogP contribution in [0, 0.1) is 0 Å². The quantitative estimate of drug-likeness (QED) is 0.781. The predicted octanol–water partition coefficient (Wildman–Crippen LogP) is 3.87. The van der Waals surface area contributed by atoms with Gasteiger partial charge in [0.05, 0.1) is 25.2 Å². The van der Waals surface area contributed by atoms with E-state index in [4.69, 9.17) is 14.2 Å². The molecule has 1 saturated heterocycles. The molecule has 2 heterocycles. The van der Waals surface area contributed by atoms with Gasteiger partial charge >= 0.3 is 5.97 Å². The molecule has 0 bridgehead atoms. The number of esters is 1. The highest BCUT2D eigenvalue weighted by Gasteiger charge is 2.42. The van der Waals surface area contributed by atoms with Gasteiger partial charge in [0.2, 0.25) is 0 Å². The van der Waals surface area contributed by atoms with Gasteiger partial charge < -0.3 is 14.2 Å². The maximum absolute atomic E-state index is 12.8. The molecule has 3 rings (SSSR count). The molecule has 0 aliphatic carbocycles. The second kappa shape index (κ2) is 6.56. The molecule has 1 aromatic heterocycles. The number of carbonyl (C=O) groups is 1. The first-order chi connectivity index (χ1) is 11.2. The Hall–Kier alpha value is -2.11. The van der Waals surface area contributed by atoms with Crippen molar-refractivity contribution < 1.29 is 19.0 Å². The lowest BCUT2D eigenvalue weighted by Gasteiger charge is -2.26. The van der Waals surface area contributed by atoms with Crippen LogP contribution in [0.5, 0.6) is 5.75 Å². The van der Waals surface area contributed by atoms with Gasteiger partial charge in [0, 0.05) is 6.42 Å². The topological polar surface area (TPSA) is 44.8 Å². The van der Waals surface area contributed by atoms with E-state index in [-0.39, 0.29) is 0 Å². The Morgan fingerprint density at radius 3 is 2.91 bits per heavy atom. The molecule has 0 amide bonds. The molecular weight excluding hydrogens is 312 g/mol. The lowest BCUT2D eigenvalue weighted by Crippen LogP contribution is -2.32. The van der Waals surface area contributed by atoms with Crippen LogP contribution in [0.2, 0.25) is 0 Å². The summed E-state index contributed by atoms with van der Waals surface area (Å²) in [4.78, 5) is 13.8. The van der Waals surface area contributed by atoms with E-state index in [1.54, 1.807) is 29.5 Å². The Bertz CT molecular complexity index is 700. The summed E-state index contributed by atoms with van der Waals surface area (Å²) in [6.45, 7) is 4.69. The molecule has 1 atom stereocenters. The second-order valence-corrected chi connectivity index (χ2v) is 6.28. The van der Waals surface area contributed by atoms with E-state index in [0.29, 0.717) is 30.9 Å². The summed E-state index contributed by atoms with van der Waals surface area (Å²) in [5.41, 5.74) is 0.527. The van der Waals surface area contributed by atoms with Gasteiger partial charge in [-0.2, -0.15) is 0 Å². The van der Waals surface area contributed by atoms with E-state index in [0.717, 1.165) is 10.4 Å². The normalized spacial score (nSPS) is 20.2. The summed E-state index contributed by atoms with van der Waals surface area (Å²) < 4.78 is 16.7. The molecule has 4 nitrogen and oxygen atoms in total. The van der Waals surface area contributed by atoms with Gasteiger partial charge in [0.15, 0.2) is 5.60 Å². The lowest BCUT2D eigenvalue weighted by molar-refractivity contribution is -0.0242. The Morgan fingerprint density at radius 2 is 2.30 bits per heavy atom. The van der Waals surface area contributed by atoms with Crippen molar-refractivity contribution in [3.05, 3.63) is 58.3 Å². The third kappa shape index (κ3) is 3.02. The van der Waals surface area contributed by atoms with Crippen LogP contribution in [0.1, 0.15) is 27.2 Å². The van der Waals surface area contributed by atoms with Crippen LogP contribution in [-0.4, -0.2) is 26.3 Å². The molecule has 1 unspecified atom stereocenters. The fourth-order valence-electron chi connectivity index (χ4n) is 2.65. The van der Waals surface area contributed by atoms with Crippen molar-refractivity contribution in [2.45, 2.75) is 12.0 Å². The highest BCUT2D eigenvalue weighted by molar-refractivity contribution is 7.10. The predicted molar refractivity (Wildman–Crippen MR) is 89.9 cm³/mol. The number of rotatable bonds is 5. The van der Waals surface area contributed by atoms with Crippen molar-refractivity contribution in [2.75, 3.05) is 20.3 Å². The minimum absolute atomic E-state index is 0.378. The highest BCUT2D eigenvalue weighted by atomic mass is 32.1. The van der Waals surface area contributed by atoms with Crippen molar-refractivity contribution >= 4 is 23.4 Å². The molecule has 5 heteroatoms. The second-order valence-electron chi connectivity index (χ2n) is 5.33. The van der Waals surface area contributed by atoms with Gasteiger partial charge in [0.25, 0.3) is 0 Å². The summed E-state index contributed by atoms with van der Waals surface area (Å²) >= 11 is 1.57. The largest absolute Gasteiger partial charge is 0.496 e. The molecule has 23 heavy (non-hydrogen) atoms. The van der Waals surface area contributed by atoms with Crippen molar-refractivity contribution in [1.82, 2.24) is 0 Å². The van der Waals surface area contributed by atoms with Gasteiger partial charge in [-0.1, -0.05) is 24.8 Å². The minimum Gasteiger partial charge on any atom is -0.496 e. The fourth-order valence-corrected chi connectivity index (χ4v) is 3.53. The van der Waals surface area contributed by atoms with Gasteiger partial charge in [0.1, 0.15) is 11.3 Å². The van der Waals surface area contributed by atoms with Crippen LogP contribution in [0.15, 0.2) is 42.3 Å². The molecule has 120 valence electrons. The highest BCUT2D eigenvalue weighted by Crippen LogP contribution is 2.38. The maximum Gasteiger partial charge on any atom is 0.342 e. The van der Waals surface area contributed by atoms with Crippen LogP contribution in [0.4, 0.5) is 0 Å². The number of carbonyl (C=O) groups excluding carboxylic acids is 1. The van der Waals surface area contributed by atoms with Gasteiger partial charge in [-0.05, 0) is 29.1 Å². The zero-order valence-corrected chi connectivity index (χ0v) is 13.7. The van der Waals surface area contributed by atoms with Crippen molar-refractivity contribution in [1.29, 1.82) is 0 Å². The summed E-state index contributed by atoms with van der Waals surface area (Å²) in [5, 5.41) is 1.97. The Morgan fingerprint density at radius 1 is 1.43 bits per heavy atom. The van der Waals surface area contributed by atoms with Crippen LogP contribution in [0.25, 0.3) is 6.08 Å². The average Bonchev–Trinajstić information content (AvgIpc) is 3.26. The molecule has 1 fully saturated rings. The molecule has 0 radical (unpaired) electrons. The van der Waals surface area contributed by atoms with Gasteiger partial charge in [-0.15, -0.1) is 11.3 Å². The van der Waals surface area contributed by atoms with Gasteiger partial charge in [-0.3, -0.25) is 0 Å². The number of ether oxygens (including phenoxy) is 3. The van der Waals surface area contributed by atoms with Gasteiger partial charge in [-0.25, -0.2) is 4.79 Å².